The summed E-state index contributed by atoms with van der Waals surface area (Å²) in [6.45, 7) is 5.77. The van der Waals surface area contributed by atoms with E-state index in [1.807, 2.05) is 6.07 Å². The maximum Gasteiger partial charge on any atom is 0.250 e. The van der Waals surface area contributed by atoms with Crippen LogP contribution < -0.4 is 16.4 Å². The Morgan fingerprint density at radius 1 is 1.40 bits per heavy atom. The van der Waals surface area contributed by atoms with Crippen molar-refractivity contribution >= 4 is 17.3 Å². The summed E-state index contributed by atoms with van der Waals surface area (Å²) >= 11 is 0. The maximum absolute atomic E-state index is 11.3. The van der Waals surface area contributed by atoms with Crippen LogP contribution in [-0.4, -0.2) is 19.0 Å². The van der Waals surface area contributed by atoms with Crippen LogP contribution in [0.1, 0.15) is 37.0 Å². The fraction of sp³-hybridized carbons (Fsp3) is 0.467. The van der Waals surface area contributed by atoms with Gasteiger partial charge >= 0.3 is 0 Å². The summed E-state index contributed by atoms with van der Waals surface area (Å²) in [6, 6.07) is 7.40. The lowest BCUT2D eigenvalue weighted by molar-refractivity contribution is 0.100. The largest absolute Gasteiger partial charge is 0.398 e. The van der Waals surface area contributed by atoms with Gasteiger partial charge in [-0.3, -0.25) is 4.79 Å². The molecule has 5 heteroatoms. The number of carbonyl (C=O) groups is 1. The first-order valence-corrected chi connectivity index (χ1v) is 6.77. The molecular weight excluding hydrogens is 252 g/mol. The average molecular weight is 274 g/mol. The van der Waals surface area contributed by atoms with Gasteiger partial charge in [-0.05, 0) is 30.5 Å². The van der Waals surface area contributed by atoms with E-state index >= 15 is 0 Å². The highest BCUT2D eigenvalue weighted by Crippen LogP contribution is 2.22. The predicted octanol–water partition coefficient (Wildman–Crippen LogP) is 2.13. The van der Waals surface area contributed by atoms with Crippen molar-refractivity contribution in [1.82, 2.24) is 0 Å². The third-order valence-electron chi connectivity index (χ3n) is 3.14. The van der Waals surface area contributed by atoms with Gasteiger partial charge in [-0.2, -0.15) is 5.26 Å². The first-order chi connectivity index (χ1) is 9.45. The molecule has 0 spiro atoms. The van der Waals surface area contributed by atoms with Crippen molar-refractivity contribution in [2.75, 3.05) is 23.7 Å². The van der Waals surface area contributed by atoms with E-state index in [1.165, 1.54) is 0 Å². The summed E-state index contributed by atoms with van der Waals surface area (Å²) < 4.78 is 0. The van der Waals surface area contributed by atoms with Crippen LogP contribution in [0.5, 0.6) is 0 Å². The molecule has 5 nitrogen and oxygen atoms in total. The number of nitrogens with zero attached hydrogens (tertiary/aromatic N) is 2. The molecule has 0 saturated carbocycles. The van der Waals surface area contributed by atoms with Gasteiger partial charge in [-0.25, -0.2) is 0 Å². The molecule has 0 aliphatic heterocycles. The highest BCUT2D eigenvalue weighted by Gasteiger charge is 2.12. The Balaban J connectivity index is 2.97. The molecular formula is C15H22N4O. The summed E-state index contributed by atoms with van der Waals surface area (Å²) in [5.74, 6) is 0.0393. The number of benzene rings is 1. The number of primary amides is 1. The van der Waals surface area contributed by atoms with E-state index in [2.05, 4.69) is 24.8 Å². The number of rotatable bonds is 7. The van der Waals surface area contributed by atoms with Gasteiger partial charge in [0.05, 0.1) is 18.1 Å². The molecule has 4 N–H and O–H groups in total. The molecule has 1 aromatic carbocycles. The lowest BCUT2D eigenvalue weighted by Gasteiger charge is -2.25. The Morgan fingerprint density at radius 2 is 2.10 bits per heavy atom. The fourth-order valence-electron chi connectivity index (χ4n) is 1.92. The Hall–Kier alpha value is -2.22. The minimum absolute atomic E-state index is 0.328. The maximum atomic E-state index is 11.3. The van der Waals surface area contributed by atoms with Crippen LogP contribution in [-0.2, 0) is 0 Å². The Kier molecular flexibility index (Phi) is 5.85. The van der Waals surface area contributed by atoms with Gasteiger partial charge in [0.15, 0.2) is 0 Å². The molecule has 108 valence electrons. The van der Waals surface area contributed by atoms with E-state index in [0.29, 0.717) is 30.1 Å². The highest BCUT2D eigenvalue weighted by atomic mass is 16.1. The molecule has 20 heavy (non-hydrogen) atoms. The highest BCUT2D eigenvalue weighted by molar-refractivity contribution is 5.99. The molecule has 0 saturated heterocycles. The molecule has 0 aromatic heterocycles. The number of carbonyl (C=O) groups excluding carboxylic acids is 1. The Labute approximate surface area is 120 Å². The first kappa shape index (κ1) is 15.8. The van der Waals surface area contributed by atoms with Gasteiger partial charge in [0.25, 0.3) is 5.91 Å². The quantitative estimate of drug-likeness (QED) is 0.744. The SMILES string of the molecule is CC(C)CCN(CCC#N)c1ccc(N)c(C(N)=O)c1. The summed E-state index contributed by atoms with van der Waals surface area (Å²) in [5.41, 5.74) is 12.6. The minimum Gasteiger partial charge on any atom is -0.398 e. The van der Waals surface area contributed by atoms with Crippen LogP contribution in [0.2, 0.25) is 0 Å². The monoisotopic (exact) mass is 274 g/mol. The minimum atomic E-state index is -0.534. The van der Waals surface area contributed by atoms with Crippen molar-refractivity contribution in [3.63, 3.8) is 0 Å². The second-order valence-electron chi connectivity index (χ2n) is 5.21. The second-order valence-corrected chi connectivity index (χ2v) is 5.21. The van der Waals surface area contributed by atoms with Gasteiger partial charge in [0.1, 0.15) is 0 Å². The Bertz CT molecular complexity index is 505. The summed E-state index contributed by atoms with van der Waals surface area (Å²) in [4.78, 5) is 13.4. The molecule has 1 amide bonds. The van der Waals surface area contributed by atoms with Crippen molar-refractivity contribution < 1.29 is 4.79 Å². The zero-order valence-electron chi connectivity index (χ0n) is 12.1. The van der Waals surface area contributed by atoms with Crippen molar-refractivity contribution in [2.24, 2.45) is 11.7 Å². The van der Waals surface area contributed by atoms with E-state index in [4.69, 9.17) is 16.7 Å². The van der Waals surface area contributed by atoms with E-state index in [-0.39, 0.29) is 0 Å². The number of nitriles is 1. The predicted molar refractivity (Wildman–Crippen MR) is 81.3 cm³/mol. The number of hydrogen-bond donors (Lipinski definition) is 2. The lowest BCUT2D eigenvalue weighted by Crippen LogP contribution is -2.27. The molecule has 0 fully saturated rings. The van der Waals surface area contributed by atoms with Crippen molar-refractivity contribution in [1.29, 1.82) is 5.26 Å². The molecule has 0 bridgehead atoms. The van der Waals surface area contributed by atoms with Crippen LogP contribution in [0.4, 0.5) is 11.4 Å². The number of nitrogen functional groups attached to an aromatic ring is 1. The van der Waals surface area contributed by atoms with Gasteiger partial charge in [0.2, 0.25) is 0 Å². The van der Waals surface area contributed by atoms with Crippen molar-refractivity contribution in [3.05, 3.63) is 23.8 Å². The normalized spacial score (nSPS) is 10.3. The fourth-order valence-corrected chi connectivity index (χ4v) is 1.92. The van der Waals surface area contributed by atoms with Gasteiger partial charge in [0, 0.05) is 24.5 Å². The summed E-state index contributed by atoms with van der Waals surface area (Å²) in [5, 5.41) is 8.76. The molecule has 0 unspecified atom stereocenters. The average Bonchev–Trinajstić information content (AvgIpc) is 2.39. The third-order valence-corrected chi connectivity index (χ3v) is 3.14. The van der Waals surface area contributed by atoms with Crippen molar-refractivity contribution in [3.8, 4) is 6.07 Å². The molecule has 1 rings (SSSR count). The van der Waals surface area contributed by atoms with Gasteiger partial charge < -0.3 is 16.4 Å². The van der Waals surface area contributed by atoms with Crippen LogP contribution in [0.15, 0.2) is 18.2 Å². The zero-order chi connectivity index (χ0) is 15.1. The number of amides is 1. The van der Waals surface area contributed by atoms with E-state index in [9.17, 15) is 4.79 Å². The Morgan fingerprint density at radius 3 is 2.65 bits per heavy atom. The standard InChI is InChI=1S/C15H22N4O/c1-11(2)6-9-19(8-3-7-16)12-4-5-14(17)13(10-12)15(18)20/h4-5,10-11H,3,6,8-9,17H2,1-2H3,(H2,18,20). The summed E-state index contributed by atoms with van der Waals surface area (Å²) in [6.07, 6.45) is 1.45. The van der Waals surface area contributed by atoms with E-state index in [0.717, 1.165) is 18.7 Å². The second kappa shape index (κ2) is 7.39. The molecule has 1 aromatic rings. The topological polar surface area (TPSA) is 96.1 Å². The molecule has 0 atom stereocenters. The first-order valence-electron chi connectivity index (χ1n) is 6.77. The molecule has 0 radical (unpaired) electrons. The van der Waals surface area contributed by atoms with E-state index < -0.39 is 5.91 Å². The number of hydrogen-bond acceptors (Lipinski definition) is 4. The van der Waals surface area contributed by atoms with Crippen LogP contribution >= 0.6 is 0 Å². The van der Waals surface area contributed by atoms with Crippen molar-refractivity contribution in [2.45, 2.75) is 26.7 Å². The van der Waals surface area contributed by atoms with Crippen LogP contribution in [0.3, 0.4) is 0 Å². The summed E-state index contributed by atoms with van der Waals surface area (Å²) in [7, 11) is 0. The zero-order valence-corrected chi connectivity index (χ0v) is 12.1. The third kappa shape index (κ3) is 4.47. The molecule has 0 aliphatic carbocycles. The molecule has 0 aliphatic rings. The number of anilines is 2. The smallest absolute Gasteiger partial charge is 0.250 e. The molecule has 0 heterocycles. The van der Waals surface area contributed by atoms with Gasteiger partial charge in [-0.1, -0.05) is 13.8 Å². The van der Waals surface area contributed by atoms with E-state index in [1.54, 1.807) is 12.1 Å². The van der Waals surface area contributed by atoms with Gasteiger partial charge in [-0.15, -0.1) is 0 Å². The van der Waals surface area contributed by atoms with Crippen LogP contribution in [0, 0.1) is 17.2 Å². The number of nitrogens with two attached hydrogens (primary N) is 2. The lowest BCUT2D eigenvalue weighted by atomic mass is 10.1. The van der Waals surface area contributed by atoms with Crippen LogP contribution in [0.25, 0.3) is 0 Å².